The molecule has 0 aliphatic carbocycles. The number of aromatic nitrogens is 1. The van der Waals surface area contributed by atoms with Gasteiger partial charge in [0, 0.05) is 18.5 Å². The monoisotopic (exact) mass is 285 g/mol. The van der Waals surface area contributed by atoms with Crippen LogP contribution < -0.4 is 11.1 Å². The average Bonchev–Trinajstić information content (AvgIpc) is 2.67. The topological polar surface area (TPSA) is 77.2 Å². The van der Waals surface area contributed by atoms with Crippen LogP contribution in [0.15, 0.2) is 0 Å². The molecular weight excluding hydrogens is 262 g/mol. The minimum Gasteiger partial charge on any atom is -0.380 e. The number of nitrogens with zero attached hydrogens (tertiary/aromatic N) is 1. The Kier molecular flexibility index (Phi) is 5.46. The Morgan fingerprint density at radius 3 is 2.58 bits per heavy atom. The van der Waals surface area contributed by atoms with E-state index in [9.17, 15) is 4.79 Å². The van der Waals surface area contributed by atoms with E-state index in [4.69, 9.17) is 10.5 Å². The largest absolute Gasteiger partial charge is 0.380 e. The van der Waals surface area contributed by atoms with Crippen LogP contribution in [0.2, 0.25) is 0 Å². The molecule has 0 saturated carbocycles. The third-order valence-electron chi connectivity index (χ3n) is 3.02. The molecule has 1 aromatic heterocycles. The lowest BCUT2D eigenvalue weighted by Crippen LogP contribution is -2.43. The fourth-order valence-electron chi connectivity index (χ4n) is 1.66. The van der Waals surface area contributed by atoms with Crippen molar-refractivity contribution in [1.82, 2.24) is 10.3 Å². The zero-order valence-corrected chi connectivity index (χ0v) is 13.1. The molecule has 0 spiro atoms. The van der Waals surface area contributed by atoms with Crippen molar-refractivity contribution in [2.75, 3.05) is 13.7 Å². The second-order valence-electron chi connectivity index (χ2n) is 5.13. The van der Waals surface area contributed by atoms with E-state index in [-0.39, 0.29) is 18.4 Å². The van der Waals surface area contributed by atoms with E-state index in [0.29, 0.717) is 6.54 Å². The number of rotatable bonds is 6. The van der Waals surface area contributed by atoms with Gasteiger partial charge in [0.15, 0.2) is 0 Å². The highest BCUT2D eigenvalue weighted by molar-refractivity contribution is 7.11. The summed E-state index contributed by atoms with van der Waals surface area (Å²) >= 11 is 1.61. The van der Waals surface area contributed by atoms with Gasteiger partial charge >= 0.3 is 0 Å². The summed E-state index contributed by atoms with van der Waals surface area (Å²) in [5, 5.41) is 3.90. The molecule has 5 nitrogen and oxygen atoms in total. The van der Waals surface area contributed by atoms with Crippen molar-refractivity contribution in [1.29, 1.82) is 0 Å². The third kappa shape index (κ3) is 4.26. The van der Waals surface area contributed by atoms with Crippen LogP contribution in [-0.2, 0) is 15.1 Å². The molecule has 3 N–H and O–H groups in total. The van der Waals surface area contributed by atoms with Gasteiger partial charge in [-0.15, -0.1) is 11.3 Å². The van der Waals surface area contributed by atoms with Crippen molar-refractivity contribution in [2.24, 2.45) is 5.73 Å². The molecule has 1 rings (SSSR count). The smallest absolute Gasteiger partial charge is 0.223 e. The molecular formula is C13H23N3O2S. The Hall–Kier alpha value is -0.980. The average molecular weight is 285 g/mol. The number of ether oxygens (including phenoxy) is 1. The zero-order valence-electron chi connectivity index (χ0n) is 12.2. The molecule has 108 valence electrons. The van der Waals surface area contributed by atoms with E-state index >= 15 is 0 Å². The summed E-state index contributed by atoms with van der Waals surface area (Å²) < 4.78 is 5.11. The van der Waals surface area contributed by atoms with Crippen molar-refractivity contribution >= 4 is 17.2 Å². The Labute approximate surface area is 118 Å². The summed E-state index contributed by atoms with van der Waals surface area (Å²) in [6.07, 6.45) is 0.0234. The lowest BCUT2D eigenvalue weighted by Gasteiger charge is -2.25. The molecule has 0 saturated heterocycles. The zero-order chi connectivity index (χ0) is 14.6. The highest BCUT2D eigenvalue weighted by Gasteiger charge is 2.27. The van der Waals surface area contributed by atoms with E-state index in [0.717, 1.165) is 10.7 Å². The van der Waals surface area contributed by atoms with Gasteiger partial charge in [-0.1, -0.05) is 0 Å². The lowest BCUT2D eigenvalue weighted by atomic mass is 10.1. The Balaban J connectivity index is 2.71. The predicted octanol–water partition coefficient (Wildman–Crippen LogP) is 1.48. The van der Waals surface area contributed by atoms with Gasteiger partial charge in [0.05, 0.1) is 23.8 Å². The predicted molar refractivity (Wildman–Crippen MR) is 77.2 cm³/mol. The second kappa shape index (κ2) is 6.45. The van der Waals surface area contributed by atoms with Crippen LogP contribution in [0.25, 0.3) is 0 Å². The highest BCUT2D eigenvalue weighted by atomic mass is 32.1. The number of hydrogen-bond acceptors (Lipinski definition) is 5. The first-order valence-electron chi connectivity index (χ1n) is 6.28. The van der Waals surface area contributed by atoms with E-state index < -0.39 is 5.54 Å². The van der Waals surface area contributed by atoms with E-state index in [1.807, 2.05) is 27.7 Å². The van der Waals surface area contributed by atoms with Crippen LogP contribution in [0.1, 0.15) is 35.8 Å². The summed E-state index contributed by atoms with van der Waals surface area (Å²) in [5.74, 6) is -0.0761. The van der Waals surface area contributed by atoms with Crippen molar-refractivity contribution in [3.8, 4) is 0 Å². The highest BCUT2D eigenvalue weighted by Crippen LogP contribution is 2.27. The molecule has 0 bridgehead atoms. The Bertz CT molecular complexity index is 420. The maximum atomic E-state index is 12.0. The van der Waals surface area contributed by atoms with Crippen molar-refractivity contribution in [2.45, 2.75) is 45.8 Å². The maximum Gasteiger partial charge on any atom is 0.223 e. The van der Waals surface area contributed by atoms with Gasteiger partial charge in [-0.2, -0.15) is 0 Å². The summed E-state index contributed by atoms with van der Waals surface area (Å²) in [7, 11) is 1.56. The van der Waals surface area contributed by atoms with Crippen LogP contribution >= 0.6 is 11.3 Å². The van der Waals surface area contributed by atoms with E-state index in [1.165, 1.54) is 4.88 Å². The number of carbonyl (C=O) groups excluding carboxylic acids is 1. The number of nitrogens with one attached hydrogen (secondary N) is 1. The summed E-state index contributed by atoms with van der Waals surface area (Å²) in [6.45, 7) is 8.24. The molecule has 6 heteroatoms. The van der Waals surface area contributed by atoms with Gasteiger partial charge < -0.3 is 15.8 Å². The fourth-order valence-corrected chi connectivity index (χ4v) is 2.63. The van der Waals surface area contributed by atoms with Gasteiger partial charge in [-0.05, 0) is 27.7 Å². The van der Waals surface area contributed by atoms with Gasteiger partial charge in [-0.25, -0.2) is 4.98 Å². The summed E-state index contributed by atoms with van der Waals surface area (Å²) in [5.41, 5.74) is 6.05. The van der Waals surface area contributed by atoms with Gasteiger partial charge in [0.25, 0.3) is 0 Å². The van der Waals surface area contributed by atoms with Crippen LogP contribution in [-0.4, -0.2) is 30.6 Å². The minimum absolute atomic E-state index is 0.0761. The third-order valence-corrected chi connectivity index (χ3v) is 4.42. The fraction of sp³-hybridized carbons (Fsp3) is 0.692. The number of amides is 1. The van der Waals surface area contributed by atoms with Crippen molar-refractivity contribution in [3.05, 3.63) is 15.6 Å². The Morgan fingerprint density at radius 2 is 2.16 bits per heavy atom. The molecule has 0 aliphatic heterocycles. The summed E-state index contributed by atoms with van der Waals surface area (Å²) in [6, 6.07) is 0. The Morgan fingerprint density at radius 1 is 1.53 bits per heavy atom. The molecule has 0 aliphatic rings. The molecule has 0 fully saturated rings. The van der Waals surface area contributed by atoms with Gasteiger partial charge in [-0.3, -0.25) is 4.79 Å². The second-order valence-corrected chi connectivity index (χ2v) is 6.33. The molecule has 1 aromatic rings. The first-order valence-corrected chi connectivity index (χ1v) is 7.10. The van der Waals surface area contributed by atoms with Gasteiger partial charge in [0.1, 0.15) is 5.01 Å². The minimum atomic E-state index is -0.479. The lowest BCUT2D eigenvalue weighted by molar-refractivity contribution is -0.125. The molecule has 0 radical (unpaired) electrons. The van der Waals surface area contributed by atoms with Crippen LogP contribution in [0.3, 0.4) is 0 Å². The van der Waals surface area contributed by atoms with E-state index in [1.54, 1.807) is 18.4 Å². The molecule has 1 unspecified atom stereocenters. The molecule has 1 amide bonds. The summed E-state index contributed by atoms with van der Waals surface area (Å²) in [4.78, 5) is 17.7. The molecule has 19 heavy (non-hydrogen) atoms. The normalized spacial score (nSPS) is 13.4. The number of methoxy groups -OCH3 is 1. The molecule has 1 atom stereocenters. The number of hydrogen-bond donors (Lipinski definition) is 2. The first-order chi connectivity index (χ1) is 8.80. The van der Waals surface area contributed by atoms with Gasteiger partial charge in [0.2, 0.25) is 5.91 Å². The first kappa shape index (κ1) is 16.1. The molecule has 1 heterocycles. The van der Waals surface area contributed by atoms with Crippen LogP contribution in [0, 0.1) is 13.8 Å². The quantitative estimate of drug-likeness (QED) is 0.830. The number of nitrogens with two attached hydrogens (primary N) is 1. The van der Waals surface area contributed by atoms with E-state index in [2.05, 4.69) is 10.3 Å². The standard InChI is InChI=1S/C13H23N3O2S/c1-8-9(2)19-12(15-8)13(3,4)16-11(17)6-10(7-14)18-5/h10H,6-7,14H2,1-5H3,(H,16,17). The molecule has 0 aromatic carbocycles. The van der Waals surface area contributed by atoms with Crippen LogP contribution in [0.5, 0.6) is 0 Å². The SMILES string of the molecule is COC(CN)CC(=O)NC(C)(C)c1nc(C)c(C)s1. The number of carbonyl (C=O) groups is 1. The number of thiazole rings is 1. The number of aryl methyl sites for hydroxylation is 2. The van der Waals surface area contributed by atoms with Crippen molar-refractivity contribution < 1.29 is 9.53 Å². The van der Waals surface area contributed by atoms with Crippen LogP contribution in [0.4, 0.5) is 0 Å². The van der Waals surface area contributed by atoms with Crippen molar-refractivity contribution in [3.63, 3.8) is 0 Å². The maximum absolute atomic E-state index is 12.0.